The number of phenolic OH excluding ortho intramolecular Hbond substituents is 1. The molecule has 2 unspecified atom stereocenters. The summed E-state index contributed by atoms with van der Waals surface area (Å²) in [4.78, 5) is 31.7. The number of para-hydroxylation sites is 1. The Hall–Kier alpha value is -5.11. The fraction of sp³-hybridized carbons (Fsp3) is 0.419. The van der Waals surface area contributed by atoms with Crippen LogP contribution in [0.1, 0.15) is 74.9 Å². The summed E-state index contributed by atoms with van der Waals surface area (Å²) in [6.07, 6.45) is -3.12. The highest BCUT2D eigenvalue weighted by molar-refractivity contribution is 7.80. The molecule has 0 fully saturated rings. The standard InChI is InChI=1S/C43H51F4N5O4S/c1-7-24(3)37(50-36(54)21-28-12-9-10-15-32(28)44)26(5)52-42(19-18-33-30(22-42)29-13-11-14-31(39(29)49-33)43(45,46)47)41(55)51-38(25(4)8-2)40(57)48-23-27-16-17-35(56-6)34(53)20-27/h9-17,20,24-25,37-38,49,52-53H,5,7-8,18-19,21-23H2,1-4,6H3,(H,48,57)(H,50,54)(H,51,55)/t24?,25?,37-,38-,42+/m0/s1. The van der Waals surface area contributed by atoms with Gasteiger partial charge < -0.3 is 36.1 Å². The van der Waals surface area contributed by atoms with Crippen LogP contribution in [0.3, 0.4) is 0 Å². The van der Waals surface area contributed by atoms with Crippen molar-refractivity contribution in [3.05, 3.63) is 107 Å². The Kier molecular flexibility index (Phi) is 13.6. The summed E-state index contributed by atoms with van der Waals surface area (Å²) in [6, 6.07) is 13.7. The SMILES string of the molecule is C=C(N[C@]1(C(=O)N[C@H](C(=S)NCc2ccc(OC)c(O)c2)C(C)CC)CCc2[nH]c3c(C(F)(F)F)cccc3c2C1)[C@@H](NC(=O)Cc1ccccc1F)C(C)CC. The predicted molar refractivity (Wildman–Crippen MR) is 217 cm³/mol. The van der Waals surface area contributed by atoms with Crippen LogP contribution in [-0.4, -0.2) is 51.6 Å². The highest BCUT2D eigenvalue weighted by Gasteiger charge is 2.46. The molecule has 0 spiro atoms. The van der Waals surface area contributed by atoms with Crippen LogP contribution in [0.5, 0.6) is 11.5 Å². The van der Waals surface area contributed by atoms with E-state index in [4.69, 9.17) is 17.0 Å². The Morgan fingerprint density at radius 1 is 1.02 bits per heavy atom. The van der Waals surface area contributed by atoms with E-state index in [2.05, 4.69) is 32.8 Å². The summed E-state index contributed by atoms with van der Waals surface area (Å²) in [7, 11) is 1.46. The quantitative estimate of drug-likeness (QED) is 0.0504. The average molecular weight is 810 g/mol. The molecule has 9 nitrogen and oxygen atoms in total. The van der Waals surface area contributed by atoms with Crippen molar-refractivity contribution in [2.45, 2.75) is 96.6 Å². The number of aromatic nitrogens is 1. The minimum atomic E-state index is -4.60. The number of amides is 2. The lowest BCUT2D eigenvalue weighted by molar-refractivity contribution is -0.136. The first-order valence-corrected chi connectivity index (χ1v) is 19.6. The van der Waals surface area contributed by atoms with Crippen LogP contribution < -0.4 is 26.0 Å². The summed E-state index contributed by atoms with van der Waals surface area (Å²) >= 11 is 5.87. The van der Waals surface area contributed by atoms with E-state index in [-0.39, 0.29) is 60.9 Å². The van der Waals surface area contributed by atoms with E-state index in [0.717, 1.165) is 11.6 Å². The molecular weight excluding hydrogens is 759 g/mol. The molecule has 5 rings (SSSR count). The topological polar surface area (TPSA) is 128 Å². The lowest BCUT2D eigenvalue weighted by Gasteiger charge is -2.42. The van der Waals surface area contributed by atoms with E-state index in [1.54, 1.807) is 42.5 Å². The Labute approximate surface area is 336 Å². The molecule has 14 heteroatoms. The Balaban J connectivity index is 1.48. The van der Waals surface area contributed by atoms with Gasteiger partial charge in [-0.05, 0) is 65.6 Å². The maximum atomic E-state index is 15.0. The zero-order valence-electron chi connectivity index (χ0n) is 32.8. The summed E-state index contributed by atoms with van der Waals surface area (Å²) in [6.45, 7) is 12.4. The number of ether oxygens (including phenoxy) is 1. The number of H-pyrrole nitrogens is 1. The number of nitrogens with one attached hydrogen (secondary N) is 5. The van der Waals surface area contributed by atoms with Crippen LogP contribution in [0.4, 0.5) is 17.6 Å². The van der Waals surface area contributed by atoms with Gasteiger partial charge in [-0.15, -0.1) is 0 Å². The number of carbonyl (C=O) groups is 2. The fourth-order valence-corrected chi connectivity index (χ4v) is 7.79. The van der Waals surface area contributed by atoms with Crippen LogP contribution in [0.2, 0.25) is 0 Å². The highest BCUT2D eigenvalue weighted by Crippen LogP contribution is 2.40. The van der Waals surface area contributed by atoms with Gasteiger partial charge in [-0.2, -0.15) is 13.2 Å². The number of phenols is 1. The number of carbonyl (C=O) groups excluding carboxylic acids is 2. The van der Waals surface area contributed by atoms with E-state index in [0.29, 0.717) is 45.9 Å². The van der Waals surface area contributed by atoms with Crippen LogP contribution in [-0.2, 0) is 41.6 Å². The largest absolute Gasteiger partial charge is 0.504 e. The first-order chi connectivity index (χ1) is 27.0. The van der Waals surface area contributed by atoms with Gasteiger partial charge in [0.15, 0.2) is 11.5 Å². The number of fused-ring (bicyclic) bond motifs is 3. The second-order valence-corrected chi connectivity index (χ2v) is 15.4. The van der Waals surface area contributed by atoms with E-state index in [1.165, 1.54) is 19.2 Å². The number of hydrogen-bond donors (Lipinski definition) is 6. The number of methoxy groups -OCH3 is 1. The minimum Gasteiger partial charge on any atom is -0.504 e. The minimum absolute atomic E-state index is 0.00341. The number of aryl methyl sites for hydroxylation is 1. The number of halogens is 4. The van der Waals surface area contributed by atoms with Crippen molar-refractivity contribution in [3.63, 3.8) is 0 Å². The molecule has 0 radical (unpaired) electrons. The van der Waals surface area contributed by atoms with Crippen LogP contribution in [0.15, 0.2) is 72.9 Å². The third-order valence-electron chi connectivity index (χ3n) is 11.2. The van der Waals surface area contributed by atoms with Crippen molar-refractivity contribution in [1.29, 1.82) is 0 Å². The molecular formula is C43H51F4N5O4S. The Morgan fingerprint density at radius 3 is 2.37 bits per heavy atom. The monoisotopic (exact) mass is 809 g/mol. The summed E-state index contributed by atoms with van der Waals surface area (Å²) < 4.78 is 62.1. The van der Waals surface area contributed by atoms with Gasteiger partial charge in [-0.3, -0.25) is 9.59 Å². The fourth-order valence-electron chi connectivity index (χ4n) is 7.42. The summed E-state index contributed by atoms with van der Waals surface area (Å²) in [5.74, 6) is -1.38. The van der Waals surface area contributed by atoms with E-state index < -0.39 is 47.0 Å². The average Bonchev–Trinajstić information content (AvgIpc) is 3.55. The molecule has 1 aromatic heterocycles. The summed E-state index contributed by atoms with van der Waals surface area (Å²) in [5.41, 5.74) is 0.192. The normalized spacial score (nSPS) is 17.4. The molecule has 0 aliphatic heterocycles. The molecule has 5 atom stereocenters. The molecule has 2 amide bonds. The second kappa shape index (κ2) is 18.0. The molecule has 0 saturated carbocycles. The van der Waals surface area contributed by atoms with Crippen molar-refractivity contribution < 1.29 is 37.0 Å². The molecule has 3 aromatic carbocycles. The number of benzene rings is 3. The van der Waals surface area contributed by atoms with E-state index in [1.807, 2.05) is 27.7 Å². The molecule has 0 bridgehead atoms. The molecule has 4 aromatic rings. The van der Waals surface area contributed by atoms with Gasteiger partial charge >= 0.3 is 6.18 Å². The number of aromatic amines is 1. The molecule has 0 saturated heterocycles. The van der Waals surface area contributed by atoms with Gasteiger partial charge in [0.1, 0.15) is 11.4 Å². The van der Waals surface area contributed by atoms with Gasteiger partial charge in [-0.25, -0.2) is 4.39 Å². The highest BCUT2D eigenvalue weighted by atomic mass is 32.1. The lowest BCUT2D eigenvalue weighted by Crippen LogP contribution is -2.64. The molecule has 1 heterocycles. The van der Waals surface area contributed by atoms with Crippen molar-refractivity contribution in [2.75, 3.05) is 7.11 Å². The third kappa shape index (κ3) is 9.72. The van der Waals surface area contributed by atoms with Crippen LogP contribution in [0.25, 0.3) is 10.9 Å². The van der Waals surface area contributed by atoms with Crippen molar-refractivity contribution in [2.24, 2.45) is 11.8 Å². The number of thiocarbonyl (C=S) groups is 1. The second-order valence-electron chi connectivity index (χ2n) is 15.0. The molecule has 6 N–H and O–H groups in total. The first-order valence-electron chi connectivity index (χ1n) is 19.2. The molecule has 57 heavy (non-hydrogen) atoms. The number of rotatable bonds is 16. The molecule has 1 aliphatic carbocycles. The maximum Gasteiger partial charge on any atom is 0.418 e. The van der Waals surface area contributed by atoms with E-state index in [9.17, 15) is 32.3 Å². The number of aromatic hydroxyl groups is 1. The van der Waals surface area contributed by atoms with Gasteiger partial charge in [0.25, 0.3) is 0 Å². The Bertz CT molecular complexity index is 2120. The van der Waals surface area contributed by atoms with Gasteiger partial charge in [0, 0.05) is 29.7 Å². The van der Waals surface area contributed by atoms with Crippen molar-refractivity contribution in [1.82, 2.24) is 26.3 Å². The van der Waals surface area contributed by atoms with E-state index >= 15 is 0 Å². The maximum absolute atomic E-state index is 15.0. The molecule has 306 valence electrons. The van der Waals surface area contributed by atoms with Crippen molar-refractivity contribution in [3.8, 4) is 11.5 Å². The number of hydrogen-bond acceptors (Lipinski definition) is 6. The lowest BCUT2D eigenvalue weighted by atomic mass is 9.77. The third-order valence-corrected chi connectivity index (χ3v) is 11.6. The molecule has 1 aliphatic rings. The smallest absolute Gasteiger partial charge is 0.418 e. The van der Waals surface area contributed by atoms with Gasteiger partial charge in [0.05, 0.1) is 41.7 Å². The van der Waals surface area contributed by atoms with Crippen LogP contribution in [0, 0.1) is 17.7 Å². The van der Waals surface area contributed by atoms with Gasteiger partial charge in [-0.1, -0.05) is 95.7 Å². The van der Waals surface area contributed by atoms with Crippen LogP contribution >= 0.6 is 12.2 Å². The number of alkyl halides is 3. The van der Waals surface area contributed by atoms with Crippen molar-refractivity contribution >= 4 is 39.9 Å². The zero-order valence-corrected chi connectivity index (χ0v) is 33.6. The summed E-state index contributed by atoms with van der Waals surface area (Å²) in [5, 5.41) is 23.5. The van der Waals surface area contributed by atoms with Gasteiger partial charge in [0.2, 0.25) is 11.8 Å². The Morgan fingerprint density at radius 2 is 1.72 bits per heavy atom. The first kappa shape index (κ1) is 43.0. The predicted octanol–water partition coefficient (Wildman–Crippen LogP) is 7.79. The zero-order chi connectivity index (χ0) is 41.7.